The molecule has 0 radical (unpaired) electrons. The molecule has 0 aliphatic heterocycles. The quantitative estimate of drug-likeness (QED) is 0.328. The van der Waals surface area contributed by atoms with Crippen LogP contribution in [0.25, 0.3) is 11.3 Å². The van der Waals surface area contributed by atoms with Gasteiger partial charge in [0.2, 0.25) is 0 Å². The Morgan fingerprint density at radius 2 is 1.81 bits per heavy atom. The molecule has 2 heterocycles. The molecule has 2 N–H and O–H groups in total. The smallest absolute Gasteiger partial charge is 0.119 e. The predicted molar refractivity (Wildman–Crippen MR) is 129 cm³/mol. The van der Waals surface area contributed by atoms with Gasteiger partial charge in [-0.1, -0.05) is 36.4 Å². The Balaban J connectivity index is 1.19. The van der Waals surface area contributed by atoms with Gasteiger partial charge in [0, 0.05) is 48.4 Å². The van der Waals surface area contributed by atoms with Gasteiger partial charge in [-0.2, -0.15) is 0 Å². The van der Waals surface area contributed by atoms with Gasteiger partial charge in [0.25, 0.3) is 0 Å². The SMILES string of the molecule is O[C@@H](CNCCOc1ccc(-c2csc(CCc3ccccc3)n2)cc1)c1cccnc1. The van der Waals surface area contributed by atoms with Gasteiger partial charge in [-0.05, 0) is 42.3 Å². The second-order valence-corrected chi connectivity index (χ2v) is 8.43. The highest BCUT2D eigenvalue weighted by atomic mass is 32.1. The van der Waals surface area contributed by atoms with Crippen LogP contribution in [0.15, 0.2) is 84.5 Å². The number of aliphatic hydroxyl groups is 1. The van der Waals surface area contributed by atoms with Gasteiger partial charge in [0.05, 0.1) is 16.8 Å². The molecule has 32 heavy (non-hydrogen) atoms. The third-order valence-corrected chi connectivity index (χ3v) is 6.04. The topological polar surface area (TPSA) is 67.3 Å². The van der Waals surface area contributed by atoms with Crippen molar-refractivity contribution in [2.24, 2.45) is 0 Å². The maximum Gasteiger partial charge on any atom is 0.119 e. The van der Waals surface area contributed by atoms with Crippen molar-refractivity contribution in [2.45, 2.75) is 18.9 Å². The van der Waals surface area contributed by atoms with E-state index in [4.69, 9.17) is 9.72 Å². The van der Waals surface area contributed by atoms with E-state index in [1.54, 1.807) is 23.7 Å². The van der Waals surface area contributed by atoms with Gasteiger partial charge in [0.1, 0.15) is 12.4 Å². The molecular formula is C26H27N3O2S. The van der Waals surface area contributed by atoms with Gasteiger partial charge >= 0.3 is 0 Å². The van der Waals surface area contributed by atoms with Crippen LogP contribution in [-0.2, 0) is 12.8 Å². The average Bonchev–Trinajstić information content (AvgIpc) is 3.33. The van der Waals surface area contributed by atoms with E-state index in [1.807, 2.05) is 42.5 Å². The number of thiazole rings is 1. The fourth-order valence-electron chi connectivity index (χ4n) is 3.35. The van der Waals surface area contributed by atoms with Crippen LogP contribution in [0.1, 0.15) is 22.2 Å². The zero-order chi connectivity index (χ0) is 22.0. The van der Waals surface area contributed by atoms with Crippen LogP contribution in [0.5, 0.6) is 5.75 Å². The molecule has 4 aromatic rings. The number of ether oxygens (including phenoxy) is 1. The summed E-state index contributed by atoms with van der Waals surface area (Å²) in [6, 6.07) is 22.2. The minimum atomic E-state index is -0.571. The Morgan fingerprint density at radius 1 is 0.969 bits per heavy atom. The summed E-state index contributed by atoms with van der Waals surface area (Å²) >= 11 is 1.71. The van der Waals surface area contributed by atoms with E-state index in [2.05, 4.69) is 39.9 Å². The normalized spacial score (nSPS) is 11.9. The number of rotatable bonds is 11. The lowest BCUT2D eigenvalue weighted by Crippen LogP contribution is -2.26. The molecule has 6 heteroatoms. The standard InChI is InChI=1S/C26H27N3O2S/c30-25(22-7-4-14-27-17-22)18-28-15-16-31-23-11-9-21(10-12-23)24-19-32-26(29-24)13-8-20-5-2-1-3-6-20/h1-7,9-12,14,17,19,25,28,30H,8,13,15-16,18H2/t25-/m0/s1. The first-order valence-corrected chi connectivity index (χ1v) is 11.7. The third kappa shape index (κ3) is 6.47. The molecule has 2 aromatic carbocycles. The van der Waals surface area contributed by atoms with Crippen molar-refractivity contribution in [3.8, 4) is 17.0 Å². The molecule has 0 amide bonds. The van der Waals surface area contributed by atoms with Gasteiger partial charge in [-0.15, -0.1) is 11.3 Å². The van der Waals surface area contributed by atoms with Crippen LogP contribution >= 0.6 is 11.3 Å². The Bertz CT molecular complexity index is 1070. The van der Waals surface area contributed by atoms with E-state index >= 15 is 0 Å². The Hall–Kier alpha value is -3.06. The molecule has 0 bridgehead atoms. The monoisotopic (exact) mass is 445 g/mol. The van der Waals surface area contributed by atoms with Crippen molar-refractivity contribution < 1.29 is 9.84 Å². The molecule has 0 aliphatic carbocycles. The average molecular weight is 446 g/mol. The summed E-state index contributed by atoms with van der Waals surface area (Å²) < 4.78 is 5.80. The largest absolute Gasteiger partial charge is 0.492 e. The van der Waals surface area contributed by atoms with Gasteiger partial charge in [0.15, 0.2) is 0 Å². The van der Waals surface area contributed by atoms with E-state index in [0.29, 0.717) is 19.7 Å². The molecule has 0 saturated carbocycles. The van der Waals surface area contributed by atoms with E-state index in [1.165, 1.54) is 5.56 Å². The van der Waals surface area contributed by atoms with Crippen LogP contribution < -0.4 is 10.1 Å². The van der Waals surface area contributed by atoms with Crippen molar-refractivity contribution in [3.63, 3.8) is 0 Å². The molecule has 0 fully saturated rings. The fourth-order valence-corrected chi connectivity index (χ4v) is 4.15. The van der Waals surface area contributed by atoms with E-state index < -0.39 is 6.10 Å². The minimum Gasteiger partial charge on any atom is -0.492 e. The van der Waals surface area contributed by atoms with E-state index in [0.717, 1.165) is 40.4 Å². The number of hydrogen-bond donors (Lipinski definition) is 2. The van der Waals surface area contributed by atoms with Gasteiger partial charge in [-0.25, -0.2) is 4.98 Å². The van der Waals surface area contributed by atoms with Crippen molar-refractivity contribution in [1.82, 2.24) is 15.3 Å². The van der Waals surface area contributed by atoms with Crippen LogP contribution in [0, 0.1) is 0 Å². The van der Waals surface area contributed by atoms with Crippen LogP contribution in [0.3, 0.4) is 0 Å². The maximum atomic E-state index is 10.1. The maximum absolute atomic E-state index is 10.1. The van der Waals surface area contributed by atoms with Gasteiger partial charge in [-0.3, -0.25) is 4.98 Å². The number of benzene rings is 2. The van der Waals surface area contributed by atoms with Crippen molar-refractivity contribution in [2.75, 3.05) is 19.7 Å². The van der Waals surface area contributed by atoms with Crippen molar-refractivity contribution >= 4 is 11.3 Å². The Kier molecular flexibility index (Phi) is 7.98. The predicted octanol–water partition coefficient (Wildman–Crippen LogP) is 4.69. The first kappa shape index (κ1) is 22.1. The molecule has 0 saturated heterocycles. The number of nitrogens with one attached hydrogen (secondary N) is 1. The summed E-state index contributed by atoms with van der Waals surface area (Å²) in [7, 11) is 0. The highest BCUT2D eigenvalue weighted by Gasteiger charge is 2.07. The lowest BCUT2D eigenvalue weighted by molar-refractivity contribution is 0.171. The highest BCUT2D eigenvalue weighted by molar-refractivity contribution is 7.09. The molecule has 0 aliphatic rings. The summed E-state index contributed by atoms with van der Waals surface area (Å²) in [4.78, 5) is 8.82. The fraction of sp³-hybridized carbons (Fsp3) is 0.231. The summed E-state index contributed by atoms with van der Waals surface area (Å²) in [5, 5.41) is 16.6. The first-order valence-electron chi connectivity index (χ1n) is 10.8. The molecular weight excluding hydrogens is 418 g/mol. The van der Waals surface area contributed by atoms with Gasteiger partial charge < -0.3 is 15.2 Å². The number of pyridine rings is 1. The zero-order valence-corrected chi connectivity index (χ0v) is 18.7. The number of aliphatic hydroxyl groups excluding tert-OH is 1. The molecule has 0 spiro atoms. The number of nitrogens with zero attached hydrogens (tertiary/aromatic N) is 2. The number of hydrogen-bond acceptors (Lipinski definition) is 6. The summed E-state index contributed by atoms with van der Waals surface area (Å²) in [6.45, 7) is 1.64. The number of aromatic nitrogens is 2. The van der Waals surface area contributed by atoms with Crippen LogP contribution in [-0.4, -0.2) is 34.8 Å². The lowest BCUT2D eigenvalue weighted by atomic mass is 10.1. The molecule has 2 aromatic heterocycles. The molecule has 5 nitrogen and oxygen atoms in total. The molecule has 1 atom stereocenters. The summed E-state index contributed by atoms with van der Waals surface area (Å²) in [5.41, 5.74) is 4.25. The molecule has 164 valence electrons. The molecule has 4 rings (SSSR count). The Morgan fingerprint density at radius 3 is 2.59 bits per heavy atom. The summed E-state index contributed by atoms with van der Waals surface area (Å²) in [5.74, 6) is 0.822. The second-order valence-electron chi connectivity index (χ2n) is 7.49. The Labute approximate surface area is 192 Å². The summed E-state index contributed by atoms with van der Waals surface area (Å²) in [6.07, 6.45) is 4.77. The first-order chi connectivity index (χ1) is 15.8. The molecule has 0 unspecified atom stereocenters. The zero-order valence-electron chi connectivity index (χ0n) is 17.9. The highest BCUT2D eigenvalue weighted by Crippen LogP contribution is 2.25. The third-order valence-electron chi connectivity index (χ3n) is 5.13. The van der Waals surface area contributed by atoms with Crippen molar-refractivity contribution in [3.05, 3.63) is 101 Å². The van der Waals surface area contributed by atoms with Crippen molar-refractivity contribution in [1.29, 1.82) is 0 Å². The van der Waals surface area contributed by atoms with E-state index in [9.17, 15) is 5.11 Å². The van der Waals surface area contributed by atoms with Crippen LogP contribution in [0.2, 0.25) is 0 Å². The lowest BCUT2D eigenvalue weighted by Gasteiger charge is -2.12. The van der Waals surface area contributed by atoms with Crippen LogP contribution in [0.4, 0.5) is 0 Å². The number of aryl methyl sites for hydroxylation is 2. The second kappa shape index (κ2) is 11.5. The minimum absolute atomic E-state index is 0.463. The van der Waals surface area contributed by atoms with E-state index in [-0.39, 0.29) is 0 Å².